The van der Waals surface area contributed by atoms with Gasteiger partial charge >= 0.3 is 29.6 Å². The van der Waals surface area contributed by atoms with Gasteiger partial charge in [-0.3, -0.25) is 0 Å². The summed E-state index contributed by atoms with van der Waals surface area (Å²) in [6, 6.07) is 9.15. The number of benzene rings is 1. The van der Waals surface area contributed by atoms with E-state index in [0.717, 1.165) is 5.56 Å². The van der Waals surface area contributed by atoms with E-state index in [1.807, 2.05) is 37.3 Å². The van der Waals surface area contributed by atoms with Gasteiger partial charge in [0.25, 0.3) is 0 Å². The predicted molar refractivity (Wildman–Crippen MR) is 44.5 cm³/mol. The maximum atomic E-state index is 10.6. The molecule has 0 spiro atoms. The Morgan fingerprint density at radius 2 is 1.92 bits per heavy atom. The Labute approximate surface area is 100 Å². The molecule has 1 atom stereocenters. The van der Waals surface area contributed by atoms with Crippen molar-refractivity contribution in [1.82, 2.24) is 0 Å². The van der Waals surface area contributed by atoms with Crippen LogP contribution in [0.1, 0.15) is 24.8 Å². The van der Waals surface area contributed by atoms with Gasteiger partial charge in [0.05, 0.1) is 0 Å². The molecule has 2 nitrogen and oxygen atoms in total. The molecule has 0 aliphatic heterocycles. The van der Waals surface area contributed by atoms with Gasteiger partial charge in [0.15, 0.2) is 0 Å². The molecule has 0 saturated heterocycles. The molecule has 13 heavy (non-hydrogen) atoms. The summed E-state index contributed by atoms with van der Waals surface area (Å²) < 4.78 is 0. The zero-order chi connectivity index (χ0) is 8.97. The fourth-order valence-electron chi connectivity index (χ4n) is 1.22. The van der Waals surface area contributed by atoms with E-state index in [0.29, 0.717) is 6.42 Å². The van der Waals surface area contributed by atoms with E-state index in [4.69, 9.17) is 0 Å². The first kappa shape index (κ1) is 12.7. The molecule has 3 heteroatoms. The van der Waals surface area contributed by atoms with Gasteiger partial charge < -0.3 is 9.90 Å². The van der Waals surface area contributed by atoms with Crippen LogP contribution in [0.2, 0.25) is 0 Å². The topological polar surface area (TPSA) is 40.1 Å². The molecule has 1 aromatic rings. The van der Waals surface area contributed by atoms with Crippen molar-refractivity contribution in [1.29, 1.82) is 0 Å². The first-order valence-corrected chi connectivity index (χ1v) is 4.01. The molecule has 1 rings (SSSR count). The molecule has 0 aromatic heterocycles. The number of carboxylic acid groups (broad SMARTS) is 1. The Balaban J connectivity index is 0.00000144. The Morgan fingerprint density at radius 1 is 1.38 bits per heavy atom. The third kappa shape index (κ3) is 3.51. The zero-order valence-electron chi connectivity index (χ0n) is 7.99. The van der Waals surface area contributed by atoms with Crippen LogP contribution >= 0.6 is 0 Å². The zero-order valence-corrected chi connectivity index (χ0v) is 9.99. The van der Waals surface area contributed by atoms with E-state index < -0.39 is 11.9 Å². The van der Waals surface area contributed by atoms with Gasteiger partial charge in [-0.2, -0.15) is 0 Å². The van der Waals surface area contributed by atoms with Crippen LogP contribution in [-0.2, 0) is 4.79 Å². The number of hydrogen-bond acceptors (Lipinski definition) is 2. The molecular weight excluding hydrogens is 175 g/mol. The third-order valence-corrected chi connectivity index (χ3v) is 1.89. The monoisotopic (exact) mass is 186 g/mol. The second-order valence-electron chi connectivity index (χ2n) is 2.69. The molecular formula is C10H11NaO2. The van der Waals surface area contributed by atoms with Gasteiger partial charge in [-0.15, -0.1) is 0 Å². The minimum atomic E-state index is -0.997. The molecule has 1 aromatic carbocycles. The molecule has 0 N–H and O–H groups in total. The number of carboxylic acids is 1. The van der Waals surface area contributed by atoms with Crippen LogP contribution in [-0.4, -0.2) is 5.97 Å². The maximum absolute atomic E-state index is 10.6. The first-order chi connectivity index (χ1) is 5.75. The standard InChI is InChI=1S/C10H12O2.Na/c1-2-9(10(11)12)8-6-4-3-5-7-8;/h3-7,9H,2H2,1H3,(H,11,12);/q;+1/p-1/t9-;/m1./s1. The largest absolute Gasteiger partial charge is 1.00 e. The van der Waals surface area contributed by atoms with E-state index in [1.165, 1.54) is 0 Å². The van der Waals surface area contributed by atoms with Gasteiger partial charge in [0, 0.05) is 11.9 Å². The fraction of sp³-hybridized carbons (Fsp3) is 0.300. The minimum Gasteiger partial charge on any atom is -0.549 e. The second kappa shape index (κ2) is 6.19. The van der Waals surface area contributed by atoms with Crippen LogP contribution in [0.5, 0.6) is 0 Å². The Morgan fingerprint density at radius 3 is 2.31 bits per heavy atom. The van der Waals surface area contributed by atoms with Crippen molar-refractivity contribution in [2.24, 2.45) is 0 Å². The second-order valence-corrected chi connectivity index (χ2v) is 2.69. The predicted octanol–water partition coefficient (Wildman–Crippen LogP) is -2.07. The van der Waals surface area contributed by atoms with E-state index in [1.54, 1.807) is 0 Å². The molecule has 0 amide bonds. The smallest absolute Gasteiger partial charge is 0.549 e. The molecule has 0 aliphatic carbocycles. The number of hydrogen-bond donors (Lipinski definition) is 0. The van der Waals surface area contributed by atoms with Crippen molar-refractivity contribution in [2.45, 2.75) is 19.3 Å². The number of carbonyl (C=O) groups excluding carboxylic acids is 1. The van der Waals surface area contributed by atoms with E-state index in [2.05, 4.69) is 0 Å². The third-order valence-electron chi connectivity index (χ3n) is 1.89. The number of rotatable bonds is 3. The molecule has 0 unspecified atom stereocenters. The Kier molecular flexibility index (Phi) is 6.04. The van der Waals surface area contributed by atoms with Crippen molar-refractivity contribution >= 4 is 5.97 Å². The van der Waals surface area contributed by atoms with E-state index >= 15 is 0 Å². The van der Waals surface area contributed by atoms with Crippen LogP contribution in [0.3, 0.4) is 0 Å². The van der Waals surface area contributed by atoms with Crippen LogP contribution in [0.4, 0.5) is 0 Å². The molecule has 0 aliphatic rings. The molecule has 0 fully saturated rings. The van der Waals surface area contributed by atoms with Gasteiger partial charge in [-0.05, 0) is 12.0 Å². The summed E-state index contributed by atoms with van der Waals surface area (Å²) in [6.45, 7) is 1.84. The quantitative estimate of drug-likeness (QED) is 0.509. The molecule has 0 saturated carbocycles. The molecule has 0 heterocycles. The first-order valence-electron chi connectivity index (χ1n) is 4.01. The Hall–Kier alpha value is -0.310. The summed E-state index contributed by atoms with van der Waals surface area (Å²) in [7, 11) is 0. The maximum Gasteiger partial charge on any atom is 1.00 e. The summed E-state index contributed by atoms with van der Waals surface area (Å²) in [5, 5.41) is 10.6. The van der Waals surface area contributed by atoms with Crippen LogP contribution in [0.25, 0.3) is 0 Å². The van der Waals surface area contributed by atoms with Crippen LogP contribution in [0, 0.1) is 0 Å². The number of aliphatic carboxylic acids is 1. The molecule has 64 valence electrons. The van der Waals surface area contributed by atoms with Crippen LogP contribution in [0.15, 0.2) is 30.3 Å². The van der Waals surface area contributed by atoms with Gasteiger partial charge in [-0.1, -0.05) is 37.3 Å². The summed E-state index contributed by atoms with van der Waals surface area (Å²) >= 11 is 0. The van der Waals surface area contributed by atoms with Gasteiger partial charge in [0.1, 0.15) is 0 Å². The van der Waals surface area contributed by atoms with Crippen molar-refractivity contribution in [3.63, 3.8) is 0 Å². The Bertz CT molecular complexity index is 259. The van der Waals surface area contributed by atoms with E-state index in [9.17, 15) is 9.90 Å². The van der Waals surface area contributed by atoms with Crippen molar-refractivity contribution < 1.29 is 39.5 Å². The van der Waals surface area contributed by atoms with Crippen LogP contribution < -0.4 is 34.7 Å². The van der Waals surface area contributed by atoms with Crippen molar-refractivity contribution in [3.05, 3.63) is 35.9 Å². The normalized spacial score (nSPS) is 11.5. The van der Waals surface area contributed by atoms with Crippen molar-refractivity contribution in [2.75, 3.05) is 0 Å². The van der Waals surface area contributed by atoms with E-state index in [-0.39, 0.29) is 29.6 Å². The summed E-state index contributed by atoms with van der Waals surface area (Å²) in [5.41, 5.74) is 0.819. The molecule has 0 radical (unpaired) electrons. The summed E-state index contributed by atoms with van der Waals surface area (Å²) in [5.74, 6) is -1.46. The summed E-state index contributed by atoms with van der Waals surface area (Å²) in [6.07, 6.45) is 0.576. The fourth-order valence-corrected chi connectivity index (χ4v) is 1.22. The number of carbonyl (C=O) groups is 1. The summed E-state index contributed by atoms with van der Waals surface area (Å²) in [4.78, 5) is 10.6. The van der Waals surface area contributed by atoms with Gasteiger partial charge in [0.2, 0.25) is 0 Å². The minimum absolute atomic E-state index is 0. The molecule has 0 bridgehead atoms. The SMILES string of the molecule is CC[C@@H](C(=O)[O-])c1ccccc1.[Na+]. The van der Waals surface area contributed by atoms with Crippen molar-refractivity contribution in [3.8, 4) is 0 Å². The average molecular weight is 186 g/mol. The average Bonchev–Trinajstić information content (AvgIpc) is 2.07. The van der Waals surface area contributed by atoms with Gasteiger partial charge in [-0.25, -0.2) is 0 Å².